The Hall–Kier alpha value is -0.120. The van der Waals surface area contributed by atoms with Crippen LogP contribution in [-0.2, 0) is 4.74 Å². The van der Waals surface area contributed by atoms with Crippen molar-refractivity contribution in [1.82, 2.24) is 10.2 Å². The molecule has 0 radical (unpaired) electrons. The van der Waals surface area contributed by atoms with Gasteiger partial charge in [0.1, 0.15) is 0 Å². The maximum Gasteiger partial charge on any atom is 0.0698 e. The van der Waals surface area contributed by atoms with E-state index in [1.807, 2.05) is 7.11 Å². The van der Waals surface area contributed by atoms with Gasteiger partial charge in [-0.05, 0) is 32.4 Å². The van der Waals surface area contributed by atoms with Crippen molar-refractivity contribution in [3.8, 4) is 0 Å². The molecule has 0 amide bonds. The Labute approximate surface area is 101 Å². The number of hydrogen-bond donors (Lipinski definition) is 1. The van der Waals surface area contributed by atoms with Crippen molar-refractivity contribution in [3.63, 3.8) is 0 Å². The van der Waals surface area contributed by atoms with Crippen LogP contribution in [-0.4, -0.2) is 50.8 Å². The summed E-state index contributed by atoms with van der Waals surface area (Å²) in [6.07, 6.45) is 6.96. The van der Waals surface area contributed by atoms with Crippen molar-refractivity contribution in [1.29, 1.82) is 0 Å². The van der Waals surface area contributed by atoms with Crippen LogP contribution in [0.5, 0.6) is 0 Å². The van der Waals surface area contributed by atoms with Gasteiger partial charge < -0.3 is 10.1 Å². The van der Waals surface area contributed by atoms with E-state index in [0.29, 0.717) is 6.10 Å². The molecule has 0 aromatic rings. The second kappa shape index (κ2) is 8.97. The zero-order valence-electron chi connectivity index (χ0n) is 11.0. The minimum atomic E-state index is 0.467. The maximum absolute atomic E-state index is 5.42. The van der Waals surface area contributed by atoms with Gasteiger partial charge in [-0.1, -0.05) is 19.8 Å². The van der Waals surface area contributed by atoms with E-state index in [1.54, 1.807) is 0 Å². The molecular formula is C13H28N2O. The zero-order chi connectivity index (χ0) is 11.6. The van der Waals surface area contributed by atoms with Gasteiger partial charge in [0.05, 0.1) is 6.10 Å². The lowest BCUT2D eigenvalue weighted by Gasteiger charge is -2.31. The standard InChI is InChI=1S/C13H28N2O/c1-3-4-5-8-14-9-11-15-10-6-7-13(12-15)16-2/h13-14H,3-12H2,1-2H3. The molecule has 1 N–H and O–H groups in total. The predicted molar refractivity (Wildman–Crippen MR) is 68.9 cm³/mol. The molecule has 0 bridgehead atoms. The summed E-state index contributed by atoms with van der Waals surface area (Å²) in [7, 11) is 1.83. The number of ether oxygens (including phenoxy) is 1. The van der Waals surface area contributed by atoms with Crippen LogP contribution in [0.4, 0.5) is 0 Å². The summed E-state index contributed by atoms with van der Waals surface area (Å²) in [6.45, 7) is 8.09. The molecule has 0 saturated carbocycles. The first-order valence-corrected chi connectivity index (χ1v) is 6.82. The van der Waals surface area contributed by atoms with Crippen molar-refractivity contribution in [3.05, 3.63) is 0 Å². The molecule has 1 fully saturated rings. The fourth-order valence-electron chi connectivity index (χ4n) is 2.27. The van der Waals surface area contributed by atoms with Crippen LogP contribution in [0.25, 0.3) is 0 Å². The Morgan fingerprint density at radius 1 is 1.31 bits per heavy atom. The second-order valence-corrected chi connectivity index (χ2v) is 4.76. The molecule has 96 valence electrons. The minimum absolute atomic E-state index is 0.467. The lowest BCUT2D eigenvalue weighted by Crippen LogP contribution is -2.42. The van der Waals surface area contributed by atoms with Crippen LogP contribution in [0.1, 0.15) is 39.0 Å². The van der Waals surface area contributed by atoms with Gasteiger partial charge in [0.2, 0.25) is 0 Å². The van der Waals surface area contributed by atoms with Gasteiger partial charge in [-0.25, -0.2) is 0 Å². The normalized spacial score (nSPS) is 22.5. The number of rotatable bonds is 8. The highest BCUT2D eigenvalue weighted by Crippen LogP contribution is 2.11. The number of methoxy groups -OCH3 is 1. The Bertz CT molecular complexity index is 164. The number of piperidine rings is 1. The van der Waals surface area contributed by atoms with E-state index in [2.05, 4.69) is 17.1 Å². The monoisotopic (exact) mass is 228 g/mol. The number of likely N-dealkylation sites (tertiary alicyclic amines) is 1. The third kappa shape index (κ3) is 5.83. The van der Waals surface area contributed by atoms with Crippen LogP contribution < -0.4 is 5.32 Å². The van der Waals surface area contributed by atoms with E-state index in [1.165, 1.54) is 51.7 Å². The van der Waals surface area contributed by atoms with Crippen LogP contribution in [0.3, 0.4) is 0 Å². The fourth-order valence-corrected chi connectivity index (χ4v) is 2.27. The average molecular weight is 228 g/mol. The quantitative estimate of drug-likeness (QED) is 0.642. The van der Waals surface area contributed by atoms with E-state index < -0.39 is 0 Å². The molecule has 1 saturated heterocycles. The van der Waals surface area contributed by atoms with Crippen molar-refractivity contribution in [2.45, 2.75) is 45.1 Å². The second-order valence-electron chi connectivity index (χ2n) is 4.76. The molecule has 0 spiro atoms. The summed E-state index contributed by atoms with van der Waals surface area (Å²) in [5.74, 6) is 0. The Morgan fingerprint density at radius 3 is 2.94 bits per heavy atom. The summed E-state index contributed by atoms with van der Waals surface area (Å²) in [5, 5.41) is 3.52. The molecule has 16 heavy (non-hydrogen) atoms. The summed E-state index contributed by atoms with van der Waals surface area (Å²) in [6, 6.07) is 0. The topological polar surface area (TPSA) is 24.5 Å². The predicted octanol–water partition coefficient (Wildman–Crippen LogP) is 1.88. The molecule has 1 unspecified atom stereocenters. The lowest BCUT2D eigenvalue weighted by atomic mass is 10.1. The third-order valence-electron chi connectivity index (χ3n) is 3.36. The summed E-state index contributed by atoms with van der Waals surface area (Å²) in [4.78, 5) is 2.52. The highest BCUT2D eigenvalue weighted by molar-refractivity contribution is 4.73. The molecule has 3 nitrogen and oxygen atoms in total. The number of unbranched alkanes of at least 4 members (excludes halogenated alkanes) is 2. The Morgan fingerprint density at radius 2 is 2.19 bits per heavy atom. The minimum Gasteiger partial charge on any atom is -0.380 e. The zero-order valence-corrected chi connectivity index (χ0v) is 11.0. The molecule has 0 aromatic heterocycles. The van der Waals surface area contributed by atoms with Crippen LogP contribution >= 0.6 is 0 Å². The van der Waals surface area contributed by atoms with E-state index in [0.717, 1.165) is 13.1 Å². The van der Waals surface area contributed by atoms with Gasteiger partial charge in [-0.15, -0.1) is 0 Å². The molecule has 1 heterocycles. The first-order chi connectivity index (χ1) is 7.86. The summed E-state index contributed by atoms with van der Waals surface area (Å²) in [5.41, 5.74) is 0. The number of nitrogens with one attached hydrogen (secondary N) is 1. The third-order valence-corrected chi connectivity index (χ3v) is 3.36. The van der Waals surface area contributed by atoms with Crippen molar-refractivity contribution >= 4 is 0 Å². The van der Waals surface area contributed by atoms with E-state index >= 15 is 0 Å². The maximum atomic E-state index is 5.42. The fraction of sp³-hybridized carbons (Fsp3) is 1.00. The Balaban J connectivity index is 1.95. The van der Waals surface area contributed by atoms with Gasteiger partial charge in [0, 0.05) is 26.7 Å². The lowest BCUT2D eigenvalue weighted by molar-refractivity contribution is 0.0319. The van der Waals surface area contributed by atoms with Gasteiger partial charge >= 0.3 is 0 Å². The van der Waals surface area contributed by atoms with Gasteiger partial charge in [-0.3, -0.25) is 4.90 Å². The van der Waals surface area contributed by atoms with E-state index in [9.17, 15) is 0 Å². The number of hydrogen-bond acceptors (Lipinski definition) is 3. The van der Waals surface area contributed by atoms with Crippen molar-refractivity contribution in [2.24, 2.45) is 0 Å². The first kappa shape index (κ1) is 13.9. The molecule has 0 aliphatic carbocycles. The van der Waals surface area contributed by atoms with Crippen LogP contribution in [0.15, 0.2) is 0 Å². The van der Waals surface area contributed by atoms with E-state index in [-0.39, 0.29) is 0 Å². The Kier molecular flexibility index (Phi) is 7.81. The highest BCUT2D eigenvalue weighted by Gasteiger charge is 2.18. The van der Waals surface area contributed by atoms with Gasteiger partial charge in [0.25, 0.3) is 0 Å². The molecule has 1 aliphatic heterocycles. The van der Waals surface area contributed by atoms with Crippen LogP contribution in [0.2, 0.25) is 0 Å². The molecule has 0 aromatic carbocycles. The SMILES string of the molecule is CCCCCNCCN1CCCC(OC)C1. The summed E-state index contributed by atoms with van der Waals surface area (Å²) >= 11 is 0. The molecule has 1 rings (SSSR count). The smallest absolute Gasteiger partial charge is 0.0698 e. The molecule has 1 atom stereocenters. The van der Waals surface area contributed by atoms with E-state index in [4.69, 9.17) is 4.74 Å². The summed E-state index contributed by atoms with van der Waals surface area (Å²) < 4.78 is 5.42. The van der Waals surface area contributed by atoms with Crippen molar-refractivity contribution < 1.29 is 4.74 Å². The van der Waals surface area contributed by atoms with Gasteiger partial charge in [-0.2, -0.15) is 0 Å². The largest absolute Gasteiger partial charge is 0.380 e. The molecule has 1 aliphatic rings. The van der Waals surface area contributed by atoms with Gasteiger partial charge in [0.15, 0.2) is 0 Å². The highest BCUT2D eigenvalue weighted by atomic mass is 16.5. The first-order valence-electron chi connectivity index (χ1n) is 6.82. The van der Waals surface area contributed by atoms with Crippen LogP contribution in [0, 0.1) is 0 Å². The molecular weight excluding hydrogens is 200 g/mol. The molecule has 3 heteroatoms. The van der Waals surface area contributed by atoms with Crippen molar-refractivity contribution in [2.75, 3.05) is 39.8 Å². The number of nitrogens with zero attached hydrogens (tertiary/aromatic N) is 1. The average Bonchev–Trinajstić information content (AvgIpc) is 2.34.